The number of anilines is 1. The van der Waals surface area contributed by atoms with Crippen LogP contribution in [0.15, 0.2) is 36.4 Å². The third-order valence-corrected chi connectivity index (χ3v) is 3.91. The van der Waals surface area contributed by atoms with Crippen molar-refractivity contribution in [2.45, 2.75) is 33.4 Å². The first-order valence-corrected chi connectivity index (χ1v) is 8.25. The van der Waals surface area contributed by atoms with Crippen molar-refractivity contribution in [3.05, 3.63) is 64.2 Å². The molecular weight excluding hydrogens is 359 g/mol. The molecule has 0 saturated carbocycles. The average Bonchev–Trinajstić information content (AvgIpc) is 2.56. The lowest BCUT2D eigenvalue weighted by Crippen LogP contribution is -2.22. The number of hydrogen-bond donors (Lipinski definition) is 1. The monoisotopic (exact) mass is 379 g/mol. The second-order valence-corrected chi connectivity index (χ2v) is 6.36. The predicted molar refractivity (Wildman–Crippen MR) is 95.4 cm³/mol. The molecule has 1 amide bonds. The van der Waals surface area contributed by atoms with Crippen molar-refractivity contribution in [1.82, 2.24) is 0 Å². The molecular formula is C20H20F3NO3. The summed E-state index contributed by atoms with van der Waals surface area (Å²) in [5.74, 6) is -1.29. The number of nitrogens with one attached hydrogen (secondary N) is 1. The van der Waals surface area contributed by atoms with Gasteiger partial charge in [-0.3, -0.25) is 9.59 Å². The third kappa shape index (κ3) is 5.84. The summed E-state index contributed by atoms with van der Waals surface area (Å²) < 4.78 is 42.9. The predicted octanol–water partition coefficient (Wildman–Crippen LogP) is 4.36. The summed E-state index contributed by atoms with van der Waals surface area (Å²) in [5.41, 5.74) is 2.82. The molecule has 0 heterocycles. The molecule has 0 spiro atoms. The summed E-state index contributed by atoms with van der Waals surface area (Å²) in [5, 5.41) is 2.69. The highest BCUT2D eigenvalue weighted by atomic mass is 19.4. The molecule has 0 saturated heterocycles. The molecule has 0 aliphatic rings. The number of rotatable bonds is 5. The lowest BCUT2D eigenvalue weighted by molar-refractivity contribution is -0.146. The SMILES string of the molecule is Cc1cc(C)c(NC(=O)COC(=O)Cc2cccc(C(F)(F)F)c2)c(C)c1. The number of ether oxygens (including phenoxy) is 1. The minimum atomic E-state index is -4.48. The second-order valence-electron chi connectivity index (χ2n) is 6.36. The van der Waals surface area contributed by atoms with Gasteiger partial charge < -0.3 is 10.1 Å². The smallest absolute Gasteiger partial charge is 0.416 e. The van der Waals surface area contributed by atoms with E-state index in [-0.39, 0.29) is 12.0 Å². The first-order valence-electron chi connectivity index (χ1n) is 8.25. The number of amides is 1. The van der Waals surface area contributed by atoms with Crippen LogP contribution in [0.5, 0.6) is 0 Å². The van der Waals surface area contributed by atoms with Crippen molar-refractivity contribution >= 4 is 17.6 Å². The van der Waals surface area contributed by atoms with Crippen LogP contribution in [-0.4, -0.2) is 18.5 Å². The van der Waals surface area contributed by atoms with Crippen molar-refractivity contribution in [2.24, 2.45) is 0 Å². The van der Waals surface area contributed by atoms with Crippen LogP contribution in [0.25, 0.3) is 0 Å². The lowest BCUT2D eigenvalue weighted by Gasteiger charge is -2.13. The molecule has 27 heavy (non-hydrogen) atoms. The third-order valence-electron chi connectivity index (χ3n) is 3.91. The van der Waals surface area contributed by atoms with Crippen LogP contribution in [0.2, 0.25) is 0 Å². The average molecular weight is 379 g/mol. The van der Waals surface area contributed by atoms with Crippen molar-refractivity contribution in [2.75, 3.05) is 11.9 Å². The Morgan fingerprint density at radius 2 is 1.67 bits per heavy atom. The Kier molecular flexibility index (Phi) is 6.25. The molecule has 144 valence electrons. The van der Waals surface area contributed by atoms with Crippen molar-refractivity contribution < 1.29 is 27.5 Å². The van der Waals surface area contributed by atoms with Crippen molar-refractivity contribution in [1.29, 1.82) is 0 Å². The Labute approximate surface area is 155 Å². The quantitative estimate of drug-likeness (QED) is 0.786. The fourth-order valence-corrected chi connectivity index (χ4v) is 2.77. The molecule has 0 atom stereocenters. The number of carbonyl (C=O) groups excluding carboxylic acids is 2. The normalized spacial score (nSPS) is 11.2. The molecule has 2 aromatic rings. The van der Waals surface area contributed by atoms with E-state index >= 15 is 0 Å². The van der Waals surface area contributed by atoms with Gasteiger partial charge in [-0.25, -0.2) is 0 Å². The van der Waals surface area contributed by atoms with Crippen LogP contribution in [0.3, 0.4) is 0 Å². The first-order chi connectivity index (χ1) is 12.6. The van der Waals surface area contributed by atoms with Gasteiger partial charge in [0.15, 0.2) is 6.61 Å². The number of alkyl halides is 3. The number of esters is 1. The van der Waals surface area contributed by atoms with E-state index in [1.54, 1.807) is 0 Å². The number of hydrogen-bond acceptors (Lipinski definition) is 3. The molecule has 4 nitrogen and oxygen atoms in total. The molecule has 1 N–H and O–H groups in total. The van der Waals surface area contributed by atoms with Crippen LogP contribution in [0.1, 0.15) is 27.8 Å². The Morgan fingerprint density at radius 1 is 1.04 bits per heavy atom. The van der Waals surface area contributed by atoms with Crippen molar-refractivity contribution in [3.8, 4) is 0 Å². The molecule has 2 aromatic carbocycles. The van der Waals surface area contributed by atoms with E-state index in [4.69, 9.17) is 4.74 Å². The van der Waals surface area contributed by atoms with Crippen LogP contribution in [0, 0.1) is 20.8 Å². The van der Waals surface area contributed by atoms with Crippen molar-refractivity contribution in [3.63, 3.8) is 0 Å². The van der Waals surface area contributed by atoms with Gasteiger partial charge in [0.05, 0.1) is 12.0 Å². The fraction of sp³-hybridized carbons (Fsp3) is 0.300. The summed E-state index contributed by atoms with van der Waals surface area (Å²) in [6.07, 6.45) is -4.83. The zero-order valence-corrected chi connectivity index (χ0v) is 15.2. The Morgan fingerprint density at radius 3 is 2.26 bits per heavy atom. The molecule has 0 radical (unpaired) electrons. The topological polar surface area (TPSA) is 55.4 Å². The van der Waals surface area contributed by atoms with Crippen LogP contribution in [-0.2, 0) is 26.9 Å². The second kappa shape index (κ2) is 8.24. The maximum atomic E-state index is 12.7. The van der Waals surface area contributed by atoms with Gasteiger partial charge >= 0.3 is 12.1 Å². The van der Waals surface area contributed by atoms with E-state index in [0.717, 1.165) is 28.8 Å². The molecule has 0 fully saturated rings. The van der Waals surface area contributed by atoms with E-state index in [1.165, 1.54) is 12.1 Å². The number of carbonyl (C=O) groups is 2. The van der Waals surface area contributed by atoms with Gasteiger partial charge in [0.25, 0.3) is 5.91 Å². The molecule has 0 unspecified atom stereocenters. The Balaban J connectivity index is 1.92. The van der Waals surface area contributed by atoms with Gasteiger partial charge in [0.1, 0.15) is 0 Å². The van der Waals surface area contributed by atoms with Crippen LogP contribution >= 0.6 is 0 Å². The fourth-order valence-electron chi connectivity index (χ4n) is 2.77. The van der Waals surface area contributed by atoms with Gasteiger partial charge in [-0.15, -0.1) is 0 Å². The maximum absolute atomic E-state index is 12.7. The summed E-state index contributed by atoms with van der Waals surface area (Å²) >= 11 is 0. The van der Waals surface area contributed by atoms with Crippen LogP contribution < -0.4 is 5.32 Å². The number of aryl methyl sites for hydroxylation is 3. The van der Waals surface area contributed by atoms with Gasteiger partial charge in [0, 0.05) is 5.69 Å². The summed E-state index contributed by atoms with van der Waals surface area (Å²) in [7, 11) is 0. The highest BCUT2D eigenvalue weighted by Gasteiger charge is 2.30. The molecule has 0 aliphatic heterocycles. The highest BCUT2D eigenvalue weighted by Crippen LogP contribution is 2.29. The Bertz CT molecular complexity index is 837. The molecule has 7 heteroatoms. The van der Waals surface area contributed by atoms with E-state index in [2.05, 4.69) is 5.32 Å². The zero-order chi connectivity index (χ0) is 20.2. The van der Waals surface area contributed by atoms with E-state index in [1.807, 2.05) is 32.9 Å². The van der Waals surface area contributed by atoms with Gasteiger partial charge in [0.2, 0.25) is 0 Å². The van der Waals surface area contributed by atoms with E-state index < -0.39 is 30.2 Å². The minimum absolute atomic E-state index is 0.167. The molecule has 0 bridgehead atoms. The largest absolute Gasteiger partial charge is 0.455 e. The minimum Gasteiger partial charge on any atom is -0.455 e. The summed E-state index contributed by atoms with van der Waals surface area (Å²) in [6.45, 7) is 5.15. The highest BCUT2D eigenvalue weighted by molar-refractivity contribution is 5.94. The zero-order valence-electron chi connectivity index (χ0n) is 15.2. The van der Waals surface area contributed by atoms with Crippen LogP contribution in [0.4, 0.5) is 18.9 Å². The standard InChI is InChI=1S/C20H20F3NO3/c1-12-7-13(2)19(14(3)8-12)24-17(25)11-27-18(26)10-15-5-4-6-16(9-15)20(21,22)23/h4-9H,10-11H2,1-3H3,(H,24,25). The number of benzene rings is 2. The number of halogens is 3. The maximum Gasteiger partial charge on any atom is 0.416 e. The first kappa shape index (κ1) is 20.5. The molecule has 0 aromatic heterocycles. The van der Waals surface area contributed by atoms with E-state index in [0.29, 0.717) is 5.69 Å². The molecule has 2 rings (SSSR count). The van der Waals surface area contributed by atoms with Gasteiger partial charge in [-0.1, -0.05) is 35.9 Å². The summed E-state index contributed by atoms with van der Waals surface area (Å²) in [6, 6.07) is 8.27. The van der Waals surface area contributed by atoms with Gasteiger partial charge in [-0.2, -0.15) is 13.2 Å². The Hall–Kier alpha value is -2.83. The van der Waals surface area contributed by atoms with E-state index in [9.17, 15) is 22.8 Å². The molecule has 0 aliphatic carbocycles. The lowest BCUT2D eigenvalue weighted by atomic mass is 10.1. The summed E-state index contributed by atoms with van der Waals surface area (Å²) in [4.78, 5) is 23.8. The van der Waals surface area contributed by atoms with Gasteiger partial charge in [-0.05, 0) is 43.5 Å².